The molecule has 0 aliphatic carbocycles. The molecule has 0 bridgehead atoms. The van der Waals surface area contributed by atoms with E-state index < -0.39 is 0 Å². The lowest BCUT2D eigenvalue weighted by Crippen LogP contribution is -2.40. The van der Waals surface area contributed by atoms with E-state index >= 15 is 0 Å². The molecule has 1 aromatic carbocycles. The molecule has 0 aromatic heterocycles. The molecule has 0 saturated heterocycles. The molecule has 0 heterocycles. The zero-order valence-corrected chi connectivity index (χ0v) is 10.4. The fourth-order valence-electron chi connectivity index (χ4n) is 1.45. The van der Waals surface area contributed by atoms with Gasteiger partial charge in [0.25, 0.3) is 0 Å². The Labute approximate surface area is 99.0 Å². The predicted molar refractivity (Wildman–Crippen MR) is 65.5 cm³/mol. The molecular formula is C11H17BrN2O. The highest BCUT2D eigenvalue weighted by atomic mass is 79.9. The topological polar surface area (TPSA) is 49.5 Å². The average Bonchev–Trinajstić information content (AvgIpc) is 2.19. The van der Waals surface area contributed by atoms with Crippen LogP contribution in [-0.2, 0) is 6.54 Å². The number of aliphatic hydroxyl groups excluding tert-OH is 1. The summed E-state index contributed by atoms with van der Waals surface area (Å²) in [4.78, 5) is 2.06. The molecule has 1 atom stereocenters. The van der Waals surface area contributed by atoms with E-state index in [-0.39, 0.29) is 12.6 Å². The van der Waals surface area contributed by atoms with Crippen LogP contribution in [-0.4, -0.2) is 36.2 Å². The SMILES string of the molecule is CN(Cc1cccc(Br)c1)C(CN)CO. The minimum Gasteiger partial charge on any atom is -0.395 e. The van der Waals surface area contributed by atoms with Gasteiger partial charge in [-0.2, -0.15) is 0 Å². The number of benzene rings is 1. The first kappa shape index (κ1) is 12.6. The van der Waals surface area contributed by atoms with Crippen LogP contribution >= 0.6 is 15.9 Å². The van der Waals surface area contributed by atoms with Crippen LogP contribution in [0.4, 0.5) is 0 Å². The van der Waals surface area contributed by atoms with Crippen molar-refractivity contribution in [2.45, 2.75) is 12.6 Å². The number of hydrogen-bond donors (Lipinski definition) is 2. The first-order chi connectivity index (χ1) is 7.17. The fourth-order valence-corrected chi connectivity index (χ4v) is 1.89. The van der Waals surface area contributed by atoms with Crippen LogP contribution in [0.1, 0.15) is 5.56 Å². The molecule has 15 heavy (non-hydrogen) atoms. The van der Waals surface area contributed by atoms with Crippen LogP contribution in [0.15, 0.2) is 28.7 Å². The molecule has 4 heteroatoms. The highest BCUT2D eigenvalue weighted by Crippen LogP contribution is 2.13. The lowest BCUT2D eigenvalue weighted by molar-refractivity contribution is 0.146. The summed E-state index contributed by atoms with van der Waals surface area (Å²) < 4.78 is 1.07. The number of likely N-dealkylation sites (N-methyl/N-ethyl adjacent to an activating group) is 1. The number of nitrogens with zero attached hydrogens (tertiary/aromatic N) is 1. The van der Waals surface area contributed by atoms with Crippen LogP contribution in [0.3, 0.4) is 0 Å². The molecule has 0 aliphatic heterocycles. The summed E-state index contributed by atoms with van der Waals surface area (Å²) >= 11 is 3.43. The van der Waals surface area contributed by atoms with Crippen molar-refractivity contribution >= 4 is 15.9 Å². The molecule has 84 valence electrons. The molecule has 1 aromatic rings. The van der Waals surface area contributed by atoms with Crippen molar-refractivity contribution in [2.75, 3.05) is 20.2 Å². The zero-order chi connectivity index (χ0) is 11.3. The largest absolute Gasteiger partial charge is 0.395 e. The Hall–Kier alpha value is -0.420. The summed E-state index contributed by atoms with van der Waals surface area (Å²) in [6.45, 7) is 1.36. The van der Waals surface area contributed by atoms with E-state index in [1.165, 1.54) is 5.56 Å². The number of aliphatic hydroxyl groups is 1. The van der Waals surface area contributed by atoms with Crippen LogP contribution in [0.25, 0.3) is 0 Å². The highest BCUT2D eigenvalue weighted by molar-refractivity contribution is 9.10. The quantitative estimate of drug-likeness (QED) is 0.847. The van der Waals surface area contributed by atoms with Crippen molar-refractivity contribution in [3.63, 3.8) is 0 Å². The third-order valence-corrected chi connectivity index (χ3v) is 2.92. The maximum absolute atomic E-state index is 9.10. The number of rotatable bonds is 5. The predicted octanol–water partition coefficient (Wildman–Crippen LogP) is 1.20. The van der Waals surface area contributed by atoms with Gasteiger partial charge < -0.3 is 10.8 Å². The lowest BCUT2D eigenvalue weighted by Gasteiger charge is -2.25. The Morgan fingerprint density at radius 2 is 2.27 bits per heavy atom. The molecule has 0 radical (unpaired) electrons. The first-order valence-corrected chi connectivity index (χ1v) is 5.72. The summed E-state index contributed by atoms with van der Waals surface area (Å²) in [5.41, 5.74) is 6.76. The van der Waals surface area contributed by atoms with E-state index in [2.05, 4.69) is 33.0 Å². The maximum Gasteiger partial charge on any atom is 0.0599 e. The molecule has 3 N–H and O–H groups in total. The van der Waals surface area contributed by atoms with Gasteiger partial charge in [-0.15, -0.1) is 0 Å². The average molecular weight is 273 g/mol. The number of nitrogens with two attached hydrogens (primary N) is 1. The summed E-state index contributed by atoms with van der Waals surface area (Å²) in [6, 6.07) is 8.16. The summed E-state index contributed by atoms with van der Waals surface area (Å²) in [5, 5.41) is 9.10. The molecule has 0 amide bonds. The minimum absolute atomic E-state index is 0.0315. The van der Waals surface area contributed by atoms with Crippen LogP contribution in [0, 0.1) is 0 Å². The van der Waals surface area contributed by atoms with Crippen molar-refractivity contribution < 1.29 is 5.11 Å². The molecule has 1 rings (SSSR count). The molecule has 0 fully saturated rings. The van der Waals surface area contributed by atoms with E-state index in [9.17, 15) is 0 Å². The second-order valence-corrected chi connectivity index (χ2v) is 4.53. The normalized spacial score (nSPS) is 13.1. The summed E-state index contributed by atoms with van der Waals surface area (Å²) in [7, 11) is 1.97. The monoisotopic (exact) mass is 272 g/mol. The van der Waals surface area contributed by atoms with Gasteiger partial charge in [0.1, 0.15) is 0 Å². The van der Waals surface area contributed by atoms with Crippen molar-refractivity contribution in [3.8, 4) is 0 Å². The molecule has 1 unspecified atom stereocenters. The van der Waals surface area contributed by atoms with E-state index in [4.69, 9.17) is 10.8 Å². The van der Waals surface area contributed by atoms with Crippen LogP contribution < -0.4 is 5.73 Å². The standard InChI is InChI=1S/C11H17BrN2O/c1-14(11(6-13)8-15)7-9-3-2-4-10(12)5-9/h2-5,11,15H,6-8,13H2,1H3. The van der Waals surface area contributed by atoms with Crippen molar-refractivity contribution in [3.05, 3.63) is 34.3 Å². The van der Waals surface area contributed by atoms with Gasteiger partial charge in [-0.1, -0.05) is 28.1 Å². The van der Waals surface area contributed by atoms with E-state index in [1.807, 2.05) is 19.2 Å². The van der Waals surface area contributed by atoms with Gasteiger partial charge in [0.2, 0.25) is 0 Å². The Morgan fingerprint density at radius 1 is 1.53 bits per heavy atom. The van der Waals surface area contributed by atoms with Gasteiger partial charge >= 0.3 is 0 Å². The molecular weight excluding hydrogens is 256 g/mol. The van der Waals surface area contributed by atoms with Crippen LogP contribution in [0.5, 0.6) is 0 Å². The second-order valence-electron chi connectivity index (χ2n) is 3.62. The van der Waals surface area contributed by atoms with Gasteiger partial charge in [0.15, 0.2) is 0 Å². The molecule has 0 spiro atoms. The molecule has 0 aliphatic rings. The molecule has 0 saturated carbocycles. The Kier molecular flexibility index (Phi) is 5.25. The Morgan fingerprint density at radius 3 is 2.80 bits per heavy atom. The smallest absolute Gasteiger partial charge is 0.0599 e. The lowest BCUT2D eigenvalue weighted by atomic mass is 10.2. The number of halogens is 1. The van der Waals surface area contributed by atoms with Gasteiger partial charge in [-0.05, 0) is 24.7 Å². The second kappa shape index (κ2) is 6.23. The number of hydrogen-bond acceptors (Lipinski definition) is 3. The zero-order valence-electron chi connectivity index (χ0n) is 8.86. The van der Waals surface area contributed by atoms with E-state index in [1.54, 1.807) is 0 Å². The highest BCUT2D eigenvalue weighted by Gasteiger charge is 2.11. The van der Waals surface area contributed by atoms with Crippen LogP contribution in [0.2, 0.25) is 0 Å². The van der Waals surface area contributed by atoms with Crippen molar-refractivity contribution in [2.24, 2.45) is 5.73 Å². The summed E-state index contributed by atoms with van der Waals surface area (Å²) in [5.74, 6) is 0. The minimum atomic E-state index is 0.0315. The maximum atomic E-state index is 9.10. The first-order valence-electron chi connectivity index (χ1n) is 4.93. The third kappa shape index (κ3) is 3.91. The fraction of sp³-hybridized carbons (Fsp3) is 0.455. The van der Waals surface area contributed by atoms with E-state index in [0.717, 1.165) is 11.0 Å². The van der Waals surface area contributed by atoms with Gasteiger partial charge in [-0.25, -0.2) is 0 Å². The van der Waals surface area contributed by atoms with E-state index in [0.29, 0.717) is 6.54 Å². The van der Waals surface area contributed by atoms with Crippen molar-refractivity contribution in [1.82, 2.24) is 4.90 Å². The van der Waals surface area contributed by atoms with Gasteiger partial charge in [-0.3, -0.25) is 4.90 Å². The van der Waals surface area contributed by atoms with Gasteiger partial charge in [0.05, 0.1) is 6.61 Å². The Balaban J connectivity index is 2.61. The van der Waals surface area contributed by atoms with Gasteiger partial charge in [0, 0.05) is 23.6 Å². The van der Waals surface area contributed by atoms with Crippen molar-refractivity contribution in [1.29, 1.82) is 0 Å². The third-order valence-electron chi connectivity index (χ3n) is 2.43. The Bertz CT molecular complexity index is 302. The molecule has 3 nitrogen and oxygen atoms in total. The summed E-state index contributed by atoms with van der Waals surface area (Å²) in [6.07, 6.45) is 0.